The lowest BCUT2D eigenvalue weighted by Crippen LogP contribution is -2.33. The molecule has 0 spiro atoms. The average Bonchev–Trinajstić information content (AvgIpc) is 2.80. The molecule has 1 unspecified atom stereocenters. The summed E-state index contributed by atoms with van der Waals surface area (Å²) in [5.74, 6) is -3.81. The third-order valence-corrected chi connectivity index (χ3v) is 3.62. The molecule has 3 rings (SSSR count). The number of aliphatic hydroxyl groups is 3. The van der Waals surface area contributed by atoms with E-state index in [1.165, 1.54) is 0 Å². The van der Waals surface area contributed by atoms with Gasteiger partial charge >= 0.3 is 0 Å². The summed E-state index contributed by atoms with van der Waals surface area (Å²) < 4.78 is 32.8. The molecule has 124 valence electrons. The van der Waals surface area contributed by atoms with E-state index in [2.05, 4.69) is 4.98 Å². The first-order chi connectivity index (χ1) is 10.8. The molecule has 0 amide bonds. The van der Waals surface area contributed by atoms with Crippen LogP contribution < -0.4 is 11.1 Å². The Labute approximate surface area is 125 Å². The van der Waals surface area contributed by atoms with E-state index < -0.39 is 59.7 Å². The van der Waals surface area contributed by atoms with E-state index in [4.69, 9.17) is 9.84 Å². The fourth-order valence-electron chi connectivity index (χ4n) is 2.42. The second-order valence-electron chi connectivity index (χ2n) is 5.01. The van der Waals surface area contributed by atoms with Crippen LogP contribution in [0.4, 0.5) is 8.78 Å². The van der Waals surface area contributed by atoms with E-state index in [1.807, 2.05) is 4.98 Å². The van der Waals surface area contributed by atoms with Gasteiger partial charge in [-0.25, -0.2) is 0 Å². The van der Waals surface area contributed by atoms with Crippen LogP contribution in [0.2, 0.25) is 0 Å². The van der Waals surface area contributed by atoms with Crippen LogP contribution in [0.15, 0.2) is 15.8 Å². The Hall–Kier alpha value is -2.21. The molecule has 0 aliphatic carbocycles. The third kappa shape index (κ3) is 2.34. The number of aliphatic hydroxyl groups excluding tert-OH is 3. The predicted octanol–water partition coefficient (Wildman–Crippen LogP) is -2.19. The normalized spacial score (nSPS) is 27.7. The van der Waals surface area contributed by atoms with Crippen molar-refractivity contribution in [2.75, 3.05) is 6.61 Å². The van der Waals surface area contributed by atoms with E-state index in [0.717, 1.165) is 6.20 Å². The van der Waals surface area contributed by atoms with Gasteiger partial charge in [-0.2, -0.15) is 13.8 Å². The van der Waals surface area contributed by atoms with E-state index in [9.17, 15) is 28.6 Å². The van der Waals surface area contributed by atoms with Gasteiger partial charge in [0.05, 0.1) is 12.2 Å². The van der Waals surface area contributed by atoms with Crippen molar-refractivity contribution >= 4 is 5.78 Å². The zero-order valence-electron chi connectivity index (χ0n) is 11.3. The molecule has 1 aliphatic rings. The molecule has 2 aromatic rings. The molecule has 4 atom stereocenters. The van der Waals surface area contributed by atoms with Crippen LogP contribution in [0.25, 0.3) is 5.78 Å². The quantitative estimate of drug-likeness (QED) is 0.459. The van der Waals surface area contributed by atoms with Gasteiger partial charge in [-0.1, -0.05) is 0 Å². The Balaban J connectivity index is 2.18. The minimum atomic E-state index is -1.70. The molecular formula is C12H11F2N3O6. The van der Waals surface area contributed by atoms with Crippen molar-refractivity contribution in [2.24, 2.45) is 0 Å². The molecular weight excluding hydrogens is 320 g/mol. The van der Waals surface area contributed by atoms with Gasteiger partial charge in [0.25, 0.3) is 11.1 Å². The topological polar surface area (TPSA) is 137 Å². The summed E-state index contributed by atoms with van der Waals surface area (Å²) in [7, 11) is 0. The van der Waals surface area contributed by atoms with Crippen LogP contribution in [-0.2, 0) is 4.74 Å². The molecule has 9 nitrogen and oxygen atoms in total. The third-order valence-electron chi connectivity index (χ3n) is 3.62. The molecule has 0 bridgehead atoms. The van der Waals surface area contributed by atoms with Crippen molar-refractivity contribution in [1.82, 2.24) is 14.4 Å². The van der Waals surface area contributed by atoms with E-state index in [1.54, 1.807) is 0 Å². The number of hydrogen-bond acceptors (Lipinski definition) is 7. The minimum absolute atomic E-state index is 0.365. The van der Waals surface area contributed by atoms with E-state index in [-0.39, 0.29) is 5.56 Å². The van der Waals surface area contributed by atoms with Crippen LogP contribution in [-0.4, -0.2) is 54.6 Å². The molecule has 4 N–H and O–H groups in total. The summed E-state index contributed by atoms with van der Waals surface area (Å²) in [6, 6.07) is 0. The molecule has 1 saturated heterocycles. The Morgan fingerprint density at radius 2 is 2.00 bits per heavy atom. The average molecular weight is 331 g/mol. The molecule has 1 aliphatic heterocycles. The highest BCUT2D eigenvalue weighted by Gasteiger charge is 2.44. The number of nitrogens with one attached hydrogen (secondary N) is 1. The molecule has 0 radical (unpaired) electrons. The zero-order chi connectivity index (χ0) is 16.9. The van der Waals surface area contributed by atoms with Gasteiger partial charge < -0.3 is 20.1 Å². The number of nitrogens with zero attached hydrogens (tertiary/aromatic N) is 2. The first kappa shape index (κ1) is 15.7. The Morgan fingerprint density at radius 3 is 2.61 bits per heavy atom. The highest BCUT2D eigenvalue weighted by Crippen LogP contribution is 2.31. The fraction of sp³-hybridized carbons (Fsp3) is 0.417. The number of rotatable bonds is 2. The summed E-state index contributed by atoms with van der Waals surface area (Å²) in [4.78, 5) is 28.4. The first-order valence-corrected chi connectivity index (χ1v) is 6.48. The van der Waals surface area contributed by atoms with Gasteiger partial charge in [0.1, 0.15) is 24.4 Å². The summed E-state index contributed by atoms with van der Waals surface area (Å²) in [5.41, 5.74) is -2.72. The predicted molar refractivity (Wildman–Crippen MR) is 68.7 cm³/mol. The summed E-state index contributed by atoms with van der Waals surface area (Å²) in [6.45, 7) is -0.618. The standard InChI is InChI=1S/C12H11F2N3O6/c13-5-9(14)17-1-3(10(21)15-12(17)16-11(5)22)8-7(20)6(19)4(2-18)23-8/h1,4,6-8,18-20H,2H2,(H,15,16,21,22)/t4-,6?,7+,8+/m1/s1. The van der Waals surface area contributed by atoms with Gasteiger partial charge in [0.2, 0.25) is 17.5 Å². The molecule has 3 heterocycles. The molecule has 11 heteroatoms. The smallest absolute Gasteiger partial charge is 0.291 e. The molecule has 0 saturated carbocycles. The first-order valence-electron chi connectivity index (χ1n) is 6.48. The summed E-state index contributed by atoms with van der Waals surface area (Å²) in [5, 5.41) is 28.6. The van der Waals surface area contributed by atoms with Crippen molar-refractivity contribution in [3.05, 3.63) is 44.2 Å². The number of aromatic amines is 1. The Kier molecular flexibility index (Phi) is 3.72. The largest absolute Gasteiger partial charge is 0.394 e. The lowest BCUT2D eigenvalue weighted by atomic mass is 10.0. The SMILES string of the molecule is O=c1nc2[nH]c(=O)c(F)c(F)n2cc1[C@@H]1O[C@H](CO)C(O)[C@@H]1O. The van der Waals surface area contributed by atoms with Crippen LogP contribution in [0.1, 0.15) is 11.7 Å². The number of H-pyrrole nitrogens is 1. The summed E-state index contributed by atoms with van der Waals surface area (Å²) in [6.07, 6.45) is -4.78. The lowest BCUT2D eigenvalue weighted by molar-refractivity contribution is -0.0232. The zero-order valence-corrected chi connectivity index (χ0v) is 11.3. The van der Waals surface area contributed by atoms with Crippen LogP contribution >= 0.6 is 0 Å². The number of fused-ring (bicyclic) bond motifs is 1. The van der Waals surface area contributed by atoms with Crippen molar-refractivity contribution in [3.63, 3.8) is 0 Å². The van der Waals surface area contributed by atoms with Gasteiger partial charge in [-0.3, -0.25) is 19.0 Å². The van der Waals surface area contributed by atoms with Crippen LogP contribution in [0, 0.1) is 11.8 Å². The maximum absolute atomic E-state index is 13.8. The molecule has 23 heavy (non-hydrogen) atoms. The fourth-order valence-corrected chi connectivity index (χ4v) is 2.42. The second kappa shape index (κ2) is 5.45. The number of aromatic nitrogens is 3. The molecule has 2 aromatic heterocycles. The van der Waals surface area contributed by atoms with Crippen molar-refractivity contribution in [1.29, 1.82) is 0 Å². The maximum Gasteiger partial charge on any atom is 0.291 e. The van der Waals surface area contributed by atoms with E-state index >= 15 is 0 Å². The highest BCUT2D eigenvalue weighted by atomic mass is 19.2. The number of hydrogen-bond donors (Lipinski definition) is 4. The molecule has 0 aromatic carbocycles. The number of halogens is 2. The molecule has 1 fully saturated rings. The number of ether oxygens (including phenoxy) is 1. The second-order valence-corrected chi connectivity index (χ2v) is 5.01. The Morgan fingerprint density at radius 1 is 1.30 bits per heavy atom. The van der Waals surface area contributed by atoms with Crippen molar-refractivity contribution in [2.45, 2.75) is 24.4 Å². The van der Waals surface area contributed by atoms with Gasteiger partial charge in [0.15, 0.2) is 0 Å². The van der Waals surface area contributed by atoms with Crippen LogP contribution in [0.5, 0.6) is 0 Å². The monoisotopic (exact) mass is 331 g/mol. The van der Waals surface area contributed by atoms with Gasteiger partial charge in [0, 0.05) is 6.20 Å². The highest BCUT2D eigenvalue weighted by molar-refractivity contribution is 5.30. The van der Waals surface area contributed by atoms with Gasteiger partial charge in [-0.05, 0) is 0 Å². The Bertz CT molecular complexity index is 881. The lowest BCUT2D eigenvalue weighted by Gasteiger charge is -2.14. The van der Waals surface area contributed by atoms with Crippen molar-refractivity contribution < 1.29 is 28.8 Å². The van der Waals surface area contributed by atoms with Gasteiger partial charge in [-0.15, -0.1) is 0 Å². The van der Waals surface area contributed by atoms with Crippen LogP contribution in [0.3, 0.4) is 0 Å². The minimum Gasteiger partial charge on any atom is -0.394 e. The van der Waals surface area contributed by atoms with E-state index in [0.29, 0.717) is 4.40 Å². The summed E-state index contributed by atoms with van der Waals surface area (Å²) >= 11 is 0. The maximum atomic E-state index is 13.8. The van der Waals surface area contributed by atoms with Crippen molar-refractivity contribution in [3.8, 4) is 0 Å².